The van der Waals surface area contributed by atoms with Crippen molar-refractivity contribution in [3.05, 3.63) is 0 Å². The number of piperazine rings is 1. The summed E-state index contributed by atoms with van der Waals surface area (Å²) in [5.41, 5.74) is 5.49. The van der Waals surface area contributed by atoms with E-state index in [1.807, 2.05) is 0 Å². The van der Waals surface area contributed by atoms with Crippen LogP contribution in [0.25, 0.3) is 0 Å². The summed E-state index contributed by atoms with van der Waals surface area (Å²) in [4.78, 5) is 51.4. The molecule has 2 fully saturated rings. The highest BCUT2D eigenvalue weighted by atomic mass is 32.2. The van der Waals surface area contributed by atoms with Crippen molar-refractivity contribution < 1.29 is 19.2 Å². The molecule has 4 amide bonds. The van der Waals surface area contributed by atoms with Crippen molar-refractivity contribution in [2.75, 3.05) is 58.1 Å². The molecule has 0 spiro atoms. The zero-order valence-electron chi connectivity index (χ0n) is 12.8. The number of imide groups is 1. The molecular formula is C13H21N5O4S. The predicted molar refractivity (Wildman–Crippen MR) is 84.7 cm³/mol. The number of rotatable bonds is 5. The molecule has 0 saturated carbocycles. The van der Waals surface area contributed by atoms with Crippen LogP contribution in [0.5, 0.6) is 0 Å². The van der Waals surface area contributed by atoms with E-state index in [0.29, 0.717) is 32.7 Å². The Morgan fingerprint density at radius 3 is 2.39 bits per heavy atom. The second-order valence-corrected chi connectivity index (χ2v) is 6.20. The summed E-state index contributed by atoms with van der Waals surface area (Å²) in [6.45, 7) is 3.90. The van der Waals surface area contributed by atoms with Crippen LogP contribution in [0.2, 0.25) is 0 Å². The lowest BCUT2D eigenvalue weighted by molar-refractivity contribution is -0.147. The molecule has 0 aromatic carbocycles. The van der Waals surface area contributed by atoms with Gasteiger partial charge in [-0.15, -0.1) is 0 Å². The molecule has 23 heavy (non-hydrogen) atoms. The fourth-order valence-electron chi connectivity index (χ4n) is 2.45. The number of thioether (sulfide) groups is 1. The molecule has 0 aromatic heterocycles. The Balaban J connectivity index is 1.70. The van der Waals surface area contributed by atoms with E-state index in [1.54, 1.807) is 0 Å². The third kappa shape index (κ3) is 4.66. The van der Waals surface area contributed by atoms with Gasteiger partial charge in [0.05, 0.1) is 5.75 Å². The van der Waals surface area contributed by atoms with Crippen molar-refractivity contribution in [2.45, 2.75) is 0 Å². The van der Waals surface area contributed by atoms with Crippen LogP contribution in [0.1, 0.15) is 0 Å². The Hall–Kier alpha value is -1.65. The highest BCUT2D eigenvalue weighted by molar-refractivity contribution is 8.14. The Labute approximate surface area is 138 Å². The lowest BCUT2D eigenvalue weighted by Crippen LogP contribution is -2.53. The SMILES string of the molecule is NCCN1CCN(C(=O)C(=O)NCCN2C(=O)CSC2=O)CC1. The molecule has 10 heteroatoms. The molecule has 2 aliphatic heterocycles. The quantitative estimate of drug-likeness (QED) is 0.549. The molecule has 2 aliphatic rings. The molecule has 0 atom stereocenters. The number of nitrogens with zero attached hydrogens (tertiary/aromatic N) is 3. The van der Waals surface area contributed by atoms with Gasteiger partial charge in [-0.3, -0.25) is 29.0 Å². The van der Waals surface area contributed by atoms with Gasteiger partial charge in [0.15, 0.2) is 0 Å². The average molecular weight is 343 g/mol. The van der Waals surface area contributed by atoms with Crippen LogP contribution in [-0.2, 0) is 14.4 Å². The van der Waals surface area contributed by atoms with Gasteiger partial charge in [0, 0.05) is 52.4 Å². The molecular weight excluding hydrogens is 322 g/mol. The van der Waals surface area contributed by atoms with Crippen molar-refractivity contribution in [2.24, 2.45) is 5.73 Å². The smallest absolute Gasteiger partial charge is 0.311 e. The van der Waals surface area contributed by atoms with Crippen molar-refractivity contribution in [3.63, 3.8) is 0 Å². The van der Waals surface area contributed by atoms with Gasteiger partial charge >= 0.3 is 11.8 Å². The summed E-state index contributed by atoms with van der Waals surface area (Å²) in [7, 11) is 0. The topological polar surface area (TPSA) is 116 Å². The summed E-state index contributed by atoms with van der Waals surface area (Å²) < 4.78 is 0. The van der Waals surface area contributed by atoms with E-state index < -0.39 is 11.8 Å². The highest BCUT2D eigenvalue weighted by Crippen LogP contribution is 2.17. The van der Waals surface area contributed by atoms with Gasteiger partial charge in [0.2, 0.25) is 5.91 Å². The number of hydrogen-bond donors (Lipinski definition) is 2. The minimum absolute atomic E-state index is 0.0791. The van der Waals surface area contributed by atoms with Crippen molar-refractivity contribution in [1.82, 2.24) is 20.0 Å². The molecule has 9 nitrogen and oxygen atoms in total. The largest absolute Gasteiger partial charge is 0.346 e. The number of amides is 4. The van der Waals surface area contributed by atoms with Gasteiger partial charge in [0.25, 0.3) is 5.24 Å². The van der Waals surface area contributed by atoms with Crippen molar-refractivity contribution in [3.8, 4) is 0 Å². The Bertz CT molecular complexity index is 477. The molecule has 2 rings (SSSR count). The van der Waals surface area contributed by atoms with E-state index in [9.17, 15) is 19.2 Å². The maximum atomic E-state index is 12.0. The Morgan fingerprint density at radius 2 is 1.83 bits per heavy atom. The zero-order valence-corrected chi connectivity index (χ0v) is 13.6. The normalized spacial score (nSPS) is 19.3. The van der Waals surface area contributed by atoms with Gasteiger partial charge in [-0.05, 0) is 0 Å². The van der Waals surface area contributed by atoms with Crippen LogP contribution in [0.4, 0.5) is 4.79 Å². The molecule has 0 unspecified atom stereocenters. The standard InChI is InChI=1S/C13H21N5O4S/c14-1-3-16-5-7-17(8-6-16)12(21)11(20)15-2-4-18-10(19)9-23-13(18)22/h1-9,14H2,(H,15,20). The summed E-state index contributed by atoms with van der Waals surface area (Å²) in [6, 6.07) is 0. The van der Waals surface area contributed by atoms with Crippen molar-refractivity contribution in [1.29, 1.82) is 0 Å². The highest BCUT2D eigenvalue weighted by Gasteiger charge is 2.30. The minimum atomic E-state index is -0.705. The van der Waals surface area contributed by atoms with E-state index in [0.717, 1.165) is 23.2 Å². The first-order valence-electron chi connectivity index (χ1n) is 7.49. The average Bonchev–Trinajstić information content (AvgIpc) is 2.87. The van der Waals surface area contributed by atoms with Crippen molar-refractivity contribution >= 4 is 34.7 Å². The lowest BCUT2D eigenvalue weighted by Gasteiger charge is -2.34. The van der Waals surface area contributed by atoms with E-state index in [-0.39, 0.29) is 30.0 Å². The van der Waals surface area contributed by atoms with Crippen LogP contribution >= 0.6 is 11.8 Å². The van der Waals surface area contributed by atoms with Crippen LogP contribution in [0.15, 0.2) is 0 Å². The number of nitrogens with one attached hydrogen (secondary N) is 1. The number of carbonyl (C=O) groups is 4. The molecule has 3 N–H and O–H groups in total. The predicted octanol–water partition coefficient (Wildman–Crippen LogP) is -2.10. The summed E-state index contributed by atoms with van der Waals surface area (Å²) in [5, 5.41) is 2.15. The summed E-state index contributed by atoms with van der Waals surface area (Å²) >= 11 is 0.941. The van der Waals surface area contributed by atoms with Crippen LogP contribution in [-0.4, -0.2) is 95.8 Å². The number of nitrogens with two attached hydrogens (primary N) is 1. The molecule has 2 saturated heterocycles. The minimum Gasteiger partial charge on any atom is -0.346 e. The second-order valence-electron chi connectivity index (χ2n) is 5.28. The van der Waals surface area contributed by atoms with Crippen LogP contribution in [0, 0.1) is 0 Å². The molecule has 2 heterocycles. The Morgan fingerprint density at radius 1 is 1.13 bits per heavy atom. The Kier molecular flexibility index (Phi) is 6.37. The molecule has 0 aliphatic carbocycles. The van der Waals surface area contributed by atoms with Gasteiger partial charge in [-0.2, -0.15) is 0 Å². The molecule has 0 aromatic rings. The summed E-state index contributed by atoms with van der Waals surface area (Å²) in [6.07, 6.45) is 0. The van der Waals surface area contributed by atoms with E-state index >= 15 is 0 Å². The first-order valence-corrected chi connectivity index (χ1v) is 8.48. The monoisotopic (exact) mass is 343 g/mol. The number of hydrogen-bond acceptors (Lipinski definition) is 7. The first kappa shape index (κ1) is 17.7. The fourth-order valence-corrected chi connectivity index (χ4v) is 3.21. The van der Waals surface area contributed by atoms with E-state index in [1.165, 1.54) is 4.90 Å². The van der Waals surface area contributed by atoms with Gasteiger partial charge in [-0.1, -0.05) is 11.8 Å². The third-order valence-corrected chi connectivity index (χ3v) is 4.62. The van der Waals surface area contributed by atoms with Gasteiger partial charge < -0.3 is 16.0 Å². The molecule has 0 bridgehead atoms. The summed E-state index contributed by atoms with van der Waals surface area (Å²) in [5.74, 6) is -1.41. The maximum absolute atomic E-state index is 12.0. The van der Waals surface area contributed by atoms with Gasteiger partial charge in [-0.25, -0.2) is 0 Å². The lowest BCUT2D eigenvalue weighted by atomic mass is 10.3. The third-order valence-electron chi connectivity index (χ3n) is 3.76. The second kappa shape index (κ2) is 8.27. The van der Waals surface area contributed by atoms with Crippen LogP contribution in [0.3, 0.4) is 0 Å². The zero-order chi connectivity index (χ0) is 16.8. The first-order chi connectivity index (χ1) is 11.0. The molecule has 0 radical (unpaired) electrons. The number of carbonyl (C=O) groups excluding carboxylic acids is 4. The molecule has 128 valence electrons. The van der Waals surface area contributed by atoms with Crippen LogP contribution < -0.4 is 11.1 Å². The maximum Gasteiger partial charge on any atom is 0.311 e. The van der Waals surface area contributed by atoms with Gasteiger partial charge in [0.1, 0.15) is 0 Å². The fraction of sp³-hybridized carbons (Fsp3) is 0.692. The van der Waals surface area contributed by atoms with E-state index in [4.69, 9.17) is 5.73 Å². The van der Waals surface area contributed by atoms with E-state index in [2.05, 4.69) is 10.2 Å².